The molecule has 5 heteroatoms. The number of hydrogen-bond donors (Lipinski definition) is 1. The number of carbonyl (C=O) groups excluding carboxylic acids is 1. The van der Waals surface area contributed by atoms with Crippen LogP contribution < -0.4 is 0 Å². The van der Waals surface area contributed by atoms with Crippen molar-refractivity contribution in [1.82, 2.24) is 19.9 Å². The summed E-state index contributed by atoms with van der Waals surface area (Å²) in [4.78, 5) is 25.9. The van der Waals surface area contributed by atoms with Gasteiger partial charge in [0, 0.05) is 30.3 Å². The van der Waals surface area contributed by atoms with Gasteiger partial charge >= 0.3 is 0 Å². The van der Waals surface area contributed by atoms with Gasteiger partial charge in [0.15, 0.2) is 0 Å². The minimum absolute atomic E-state index is 0.0290. The lowest BCUT2D eigenvalue weighted by Gasteiger charge is -2.16. The predicted molar refractivity (Wildman–Crippen MR) is 85.5 cm³/mol. The summed E-state index contributed by atoms with van der Waals surface area (Å²) in [6.45, 7) is 2.50. The smallest absolute Gasteiger partial charge is 0.270 e. The maximum atomic E-state index is 12.7. The maximum Gasteiger partial charge on any atom is 0.270 e. The molecule has 0 saturated heterocycles. The lowest BCUT2D eigenvalue weighted by Crippen LogP contribution is -2.27. The number of nitrogens with one attached hydrogen (secondary N) is 1. The van der Waals surface area contributed by atoms with Gasteiger partial charge in [-0.25, -0.2) is 0 Å². The van der Waals surface area contributed by atoms with Crippen LogP contribution in [0.25, 0.3) is 10.9 Å². The van der Waals surface area contributed by atoms with Gasteiger partial charge in [-0.2, -0.15) is 0 Å². The lowest BCUT2D eigenvalue weighted by molar-refractivity contribution is 0.0777. The Morgan fingerprint density at radius 3 is 2.82 bits per heavy atom. The van der Waals surface area contributed by atoms with Gasteiger partial charge in [-0.15, -0.1) is 0 Å². The Labute approximate surface area is 129 Å². The SMILES string of the molecule is CCc1c(C(=O)N(C)Cc2cnccn2)[nH]c2ccccc12. The van der Waals surface area contributed by atoms with Gasteiger partial charge in [0.25, 0.3) is 5.91 Å². The molecule has 0 aliphatic rings. The van der Waals surface area contributed by atoms with Crippen LogP contribution in [0.1, 0.15) is 28.7 Å². The molecule has 5 nitrogen and oxygen atoms in total. The molecule has 1 N–H and O–H groups in total. The molecule has 0 saturated carbocycles. The Morgan fingerprint density at radius 2 is 2.09 bits per heavy atom. The molecule has 0 spiro atoms. The maximum absolute atomic E-state index is 12.7. The number of H-pyrrole nitrogens is 1. The first-order chi connectivity index (χ1) is 10.7. The standard InChI is InChI=1S/C17H18N4O/c1-3-13-14-6-4-5-7-15(14)20-16(13)17(22)21(2)11-12-10-18-8-9-19-12/h4-10,20H,3,11H2,1-2H3. The van der Waals surface area contributed by atoms with E-state index in [2.05, 4.69) is 21.9 Å². The van der Waals surface area contributed by atoms with Crippen LogP contribution in [0.15, 0.2) is 42.9 Å². The van der Waals surface area contributed by atoms with Crippen molar-refractivity contribution in [3.63, 3.8) is 0 Å². The van der Waals surface area contributed by atoms with E-state index in [9.17, 15) is 4.79 Å². The van der Waals surface area contributed by atoms with Gasteiger partial charge in [0.2, 0.25) is 0 Å². The Hall–Kier alpha value is -2.69. The van der Waals surface area contributed by atoms with E-state index in [4.69, 9.17) is 0 Å². The molecular weight excluding hydrogens is 276 g/mol. The number of amides is 1. The molecule has 112 valence electrons. The number of aryl methyl sites for hydroxylation is 1. The molecule has 1 aromatic carbocycles. The molecule has 0 aliphatic carbocycles. The molecule has 1 amide bonds. The highest BCUT2D eigenvalue weighted by Crippen LogP contribution is 2.24. The number of aromatic amines is 1. The van der Waals surface area contributed by atoms with Crippen LogP contribution >= 0.6 is 0 Å². The summed E-state index contributed by atoms with van der Waals surface area (Å²) in [7, 11) is 1.78. The summed E-state index contributed by atoms with van der Waals surface area (Å²) in [6.07, 6.45) is 5.74. The van der Waals surface area contributed by atoms with Crippen molar-refractivity contribution in [2.75, 3.05) is 7.05 Å². The number of para-hydroxylation sites is 1. The van der Waals surface area contributed by atoms with Crippen LogP contribution in [-0.2, 0) is 13.0 Å². The van der Waals surface area contributed by atoms with Gasteiger partial charge in [0.05, 0.1) is 18.4 Å². The monoisotopic (exact) mass is 294 g/mol. The van der Waals surface area contributed by atoms with Crippen molar-refractivity contribution in [3.05, 3.63) is 59.8 Å². The highest BCUT2D eigenvalue weighted by molar-refractivity contribution is 6.00. The van der Waals surface area contributed by atoms with E-state index < -0.39 is 0 Å². The zero-order valence-corrected chi connectivity index (χ0v) is 12.7. The van der Waals surface area contributed by atoms with E-state index in [-0.39, 0.29) is 5.91 Å². The molecule has 3 aromatic rings. The fraction of sp³-hybridized carbons (Fsp3) is 0.235. The average molecular weight is 294 g/mol. The minimum atomic E-state index is -0.0290. The molecule has 0 bridgehead atoms. The molecule has 2 heterocycles. The number of rotatable bonds is 4. The Balaban J connectivity index is 1.91. The lowest BCUT2D eigenvalue weighted by atomic mass is 10.1. The second kappa shape index (κ2) is 5.97. The number of carbonyl (C=O) groups is 1. The number of nitrogens with zero attached hydrogens (tertiary/aromatic N) is 3. The molecule has 2 aromatic heterocycles. The first-order valence-electron chi connectivity index (χ1n) is 7.30. The van der Waals surface area contributed by atoms with E-state index in [0.29, 0.717) is 12.2 Å². The summed E-state index contributed by atoms with van der Waals surface area (Å²) < 4.78 is 0. The van der Waals surface area contributed by atoms with Gasteiger partial charge < -0.3 is 9.88 Å². The Bertz CT molecular complexity index is 795. The average Bonchev–Trinajstić information content (AvgIpc) is 2.93. The Morgan fingerprint density at radius 1 is 1.27 bits per heavy atom. The van der Waals surface area contributed by atoms with Crippen molar-refractivity contribution in [2.24, 2.45) is 0 Å². The molecular formula is C17H18N4O. The summed E-state index contributed by atoms with van der Waals surface area (Å²) in [5.41, 5.74) is 3.49. The fourth-order valence-electron chi connectivity index (χ4n) is 2.67. The van der Waals surface area contributed by atoms with Crippen molar-refractivity contribution in [3.8, 4) is 0 Å². The molecule has 0 aliphatic heterocycles. The van der Waals surface area contributed by atoms with Gasteiger partial charge in [0.1, 0.15) is 5.69 Å². The number of fused-ring (bicyclic) bond motifs is 1. The number of aromatic nitrogens is 3. The molecule has 0 radical (unpaired) electrons. The summed E-state index contributed by atoms with van der Waals surface area (Å²) in [5, 5.41) is 1.11. The number of benzene rings is 1. The number of hydrogen-bond acceptors (Lipinski definition) is 3. The van der Waals surface area contributed by atoms with E-state index in [0.717, 1.165) is 28.6 Å². The second-order valence-electron chi connectivity index (χ2n) is 5.24. The van der Waals surface area contributed by atoms with Crippen LogP contribution in [0.5, 0.6) is 0 Å². The highest BCUT2D eigenvalue weighted by atomic mass is 16.2. The molecule has 3 rings (SSSR count). The fourth-order valence-corrected chi connectivity index (χ4v) is 2.67. The molecule has 0 unspecified atom stereocenters. The predicted octanol–water partition coefficient (Wildman–Crippen LogP) is 2.79. The minimum Gasteiger partial charge on any atom is -0.350 e. The van der Waals surface area contributed by atoms with Crippen LogP contribution in [0, 0.1) is 0 Å². The molecule has 0 atom stereocenters. The van der Waals surface area contributed by atoms with E-state index >= 15 is 0 Å². The normalized spacial score (nSPS) is 10.8. The highest BCUT2D eigenvalue weighted by Gasteiger charge is 2.20. The van der Waals surface area contributed by atoms with Gasteiger partial charge in [-0.3, -0.25) is 14.8 Å². The van der Waals surface area contributed by atoms with Crippen molar-refractivity contribution in [2.45, 2.75) is 19.9 Å². The zero-order valence-electron chi connectivity index (χ0n) is 12.7. The van der Waals surface area contributed by atoms with Crippen LogP contribution in [0.4, 0.5) is 0 Å². The topological polar surface area (TPSA) is 61.9 Å². The van der Waals surface area contributed by atoms with E-state index in [1.807, 2.05) is 24.3 Å². The summed E-state index contributed by atoms with van der Waals surface area (Å²) in [6, 6.07) is 8.00. The first kappa shape index (κ1) is 14.3. The summed E-state index contributed by atoms with van der Waals surface area (Å²) >= 11 is 0. The summed E-state index contributed by atoms with van der Waals surface area (Å²) in [5.74, 6) is -0.0290. The third-order valence-corrected chi connectivity index (χ3v) is 3.74. The zero-order chi connectivity index (χ0) is 15.5. The van der Waals surface area contributed by atoms with Gasteiger partial charge in [-0.05, 0) is 18.1 Å². The quantitative estimate of drug-likeness (QED) is 0.805. The van der Waals surface area contributed by atoms with Crippen molar-refractivity contribution >= 4 is 16.8 Å². The third-order valence-electron chi connectivity index (χ3n) is 3.74. The molecule has 22 heavy (non-hydrogen) atoms. The van der Waals surface area contributed by atoms with Gasteiger partial charge in [-0.1, -0.05) is 25.1 Å². The second-order valence-corrected chi connectivity index (χ2v) is 5.24. The Kier molecular flexibility index (Phi) is 3.87. The first-order valence-corrected chi connectivity index (χ1v) is 7.30. The largest absolute Gasteiger partial charge is 0.350 e. The van der Waals surface area contributed by atoms with Crippen molar-refractivity contribution in [1.29, 1.82) is 0 Å². The van der Waals surface area contributed by atoms with Crippen LogP contribution in [0.3, 0.4) is 0 Å². The van der Waals surface area contributed by atoms with E-state index in [1.54, 1.807) is 30.5 Å². The van der Waals surface area contributed by atoms with Crippen LogP contribution in [-0.4, -0.2) is 32.8 Å². The molecule has 0 fully saturated rings. The third kappa shape index (κ3) is 2.57. The van der Waals surface area contributed by atoms with E-state index in [1.165, 1.54) is 0 Å². The van der Waals surface area contributed by atoms with Crippen molar-refractivity contribution < 1.29 is 4.79 Å². The van der Waals surface area contributed by atoms with Crippen LogP contribution in [0.2, 0.25) is 0 Å².